The maximum absolute atomic E-state index is 11.6. The summed E-state index contributed by atoms with van der Waals surface area (Å²) in [6.45, 7) is 8.32. The zero-order valence-corrected chi connectivity index (χ0v) is 37.9. The molecule has 0 bridgehead atoms. The predicted molar refractivity (Wildman–Crippen MR) is 273 cm³/mol. The first-order valence-electron chi connectivity index (χ1n) is 21.2. The van der Waals surface area contributed by atoms with Crippen molar-refractivity contribution in [1.29, 1.82) is 0 Å². The van der Waals surface area contributed by atoms with Gasteiger partial charge in [-0.2, -0.15) is 0 Å². The van der Waals surface area contributed by atoms with Crippen LogP contribution in [0.5, 0.6) is 0 Å². The molecule has 9 heteroatoms. The number of hydrogen-bond donors (Lipinski definition) is 2. The fraction of sp³-hybridized carbons (Fsp3) is 0.107. The molecule has 0 spiro atoms. The standard InChI is InChI=1S/C56H45N3O4S2/c1-55(2)47-34-38(53(60)61)16-30-49(47)57-51(55)32-28-45-26-24-43(64-45)22-14-36-10-18-41(19-11-36)59(40-8-6-5-7-9-40)42-20-12-37(13-21-42)15-23-44-25-27-46(65-44)29-33-52-56(3,4)48-35-39(54(62)63)17-31-50(48)58-52/h5-35H,1-4H3,(H,60,61)(H,62,63)/b22-14+,23-15+,32-28+,33-29+. The molecule has 2 aliphatic rings. The van der Waals surface area contributed by atoms with Crippen molar-refractivity contribution in [3.63, 3.8) is 0 Å². The molecule has 320 valence electrons. The summed E-state index contributed by atoms with van der Waals surface area (Å²) in [4.78, 5) is 39.5. The van der Waals surface area contributed by atoms with Crippen LogP contribution in [-0.2, 0) is 10.8 Å². The number of nitrogens with zero attached hydrogens (tertiary/aromatic N) is 3. The topological polar surface area (TPSA) is 103 Å². The molecule has 7 aromatic rings. The minimum Gasteiger partial charge on any atom is -0.478 e. The van der Waals surface area contributed by atoms with Crippen LogP contribution in [0.2, 0.25) is 0 Å². The molecule has 0 fully saturated rings. The molecule has 0 aliphatic carbocycles. The molecule has 5 aromatic carbocycles. The van der Waals surface area contributed by atoms with Crippen LogP contribution in [0.3, 0.4) is 0 Å². The minimum atomic E-state index is -0.935. The number of carboxylic acid groups (broad SMARTS) is 2. The molecule has 0 unspecified atom stereocenters. The van der Waals surface area contributed by atoms with E-state index in [1.165, 1.54) is 0 Å². The van der Waals surface area contributed by atoms with Crippen LogP contribution in [0.4, 0.5) is 28.4 Å². The number of aromatic carboxylic acids is 2. The largest absolute Gasteiger partial charge is 0.478 e. The van der Waals surface area contributed by atoms with Crippen LogP contribution in [0.1, 0.15) is 90.2 Å². The quantitative estimate of drug-likeness (QED) is 0.120. The first kappa shape index (κ1) is 42.8. The van der Waals surface area contributed by atoms with Crippen molar-refractivity contribution in [2.45, 2.75) is 38.5 Å². The van der Waals surface area contributed by atoms with Gasteiger partial charge in [-0.15, -0.1) is 22.7 Å². The van der Waals surface area contributed by atoms with E-state index in [0.29, 0.717) is 0 Å². The lowest BCUT2D eigenvalue weighted by Crippen LogP contribution is -2.24. The summed E-state index contributed by atoms with van der Waals surface area (Å²) in [6, 6.07) is 46.3. The number of thiophene rings is 2. The molecule has 0 radical (unpaired) electrons. The van der Waals surface area contributed by atoms with Gasteiger partial charge in [0, 0.05) is 47.4 Å². The number of rotatable bonds is 13. The van der Waals surface area contributed by atoms with E-state index in [0.717, 1.165) is 81.6 Å². The van der Waals surface area contributed by atoms with Gasteiger partial charge in [0.2, 0.25) is 0 Å². The van der Waals surface area contributed by atoms with Gasteiger partial charge in [-0.25, -0.2) is 9.59 Å². The Hall–Kier alpha value is -7.46. The van der Waals surface area contributed by atoms with Crippen LogP contribution in [0.25, 0.3) is 36.5 Å². The first-order valence-corrected chi connectivity index (χ1v) is 22.9. The van der Waals surface area contributed by atoms with Gasteiger partial charge in [0.25, 0.3) is 0 Å². The highest BCUT2D eigenvalue weighted by atomic mass is 32.1. The summed E-state index contributed by atoms with van der Waals surface area (Å²) >= 11 is 3.40. The maximum Gasteiger partial charge on any atom is 0.335 e. The second-order valence-electron chi connectivity index (χ2n) is 17.0. The molecule has 0 saturated heterocycles. The Morgan fingerprint density at radius 2 is 0.831 bits per heavy atom. The van der Waals surface area contributed by atoms with Gasteiger partial charge in [0.1, 0.15) is 0 Å². The van der Waals surface area contributed by atoms with Crippen molar-refractivity contribution in [1.82, 2.24) is 0 Å². The Morgan fingerprint density at radius 3 is 1.22 bits per heavy atom. The number of allylic oxidation sites excluding steroid dienone is 2. The third kappa shape index (κ3) is 9.02. The van der Waals surface area contributed by atoms with Gasteiger partial charge >= 0.3 is 11.9 Å². The van der Waals surface area contributed by atoms with Crippen molar-refractivity contribution in [3.8, 4) is 0 Å². The number of carbonyl (C=O) groups is 2. The third-order valence-electron chi connectivity index (χ3n) is 11.9. The van der Waals surface area contributed by atoms with Gasteiger partial charge in [-0.05, 0) is 156 Å². The average Bonchev–Trinajstić information content (AvgIpc) is 4.08. The Kier molecular flexibility index (Phi) is 11.6. The maximum atomic E-state index is 11.6. The van der Waals surface area contributed by atoms with Crippen molar-refractivity contribution >= 4 is 111 Å². The Morgan fingerprint density at radius 1 is 0.462 bits per heavy atom. The average molecular weight is 888 g/mol. The monoisotopic (exact) mass is 887 g/mol. The number of hydrogen-bond acceptors (Lipinski definition) is 7. The Labute approximate surface area is 386 Å². The summed E-state index contributed by atoms with van der Waals surface area (Å²) in [5.41, 5.74) is 10.4. The molecule has 7 nitrogen and oxygen atoms in total. The number of anilines is 3. The first-order chi connectivity index (χ1) is 31.3. The summed E-state index contributed by atoms with van der Waals surface area (Å²) in [6.07, 6.45) is 16.8. The third-order valence-corrected chi connectivity index (χ3v) is 13.9. The molecule has 65 heavy (non-hydrogen) atoms. The smallest absolute Gasteiger partial charge is 0.335 e. The van der Waals surface area contributed by atoms with Gasteiger partial charge in [-0.3, -0.25) is 9.98 Å². The van der Waals surface area contributed by atoms with Gasteiger partial charge in [0.15, 0.2) is 0 Å². The highest BCUT2D eigenvalue weighted by molar-refractivity contribution is 7.14. The highest BCUT2D eigenvalue weighted by Gasteiger charge is 2.35. The number of carboxylic acids is 2. The predicted octanol–water partition coefficient (Wildman–Crippen LogP) is 15.2. The molecule has 2 aliphatic heterocycles. The van der Waals surface area contributed by atoms with E-state index in [1.807, 2.05) is 18.2 Å². The van der Waals surface area contributed by atoms with Gasteiger partial charge in [-0.1, -0.05) is 82.3 Å². The Bertz CT molecular complexity index is 2950. The highest BCUT2D eigenvalue weighted by Crippen LogP contribution is 2.43. The minimum absolute atomic E-state index is 0.275. The van der Waals surface area contributed by atoms with Crippen LogP contribution < -0.4 is 4.90 Å². The van der Waals surface area contributed by atoms with Gasteiger partial charge < -0.3 is 15.1 Å². The van der Waals surface area contributed by atoms with Crippen molar-refractivity contribution < 1.29 is 19.8 Å². The number of aliphatic imine (C=N–C) groups is 2. The van der Waals surface area contributed by atoms with Crippen molar-refractivity contribution in [3.05, 3.63) is 205 Å². The number of para-hydroxylation sites is 1. The molecule has 2 N–H and O–H groups in total. The van der Waals surface area contributed by atoms with Crippen LogP contribution in [0, 0.1) is 0 Å². The molecular weight excluding hydrogens is 843 g/mol. The van der Waals surface area contributed by atoms with Gasteiger partial charge in [0.05, 0.1) is 33.9 Å². The van der Waals surface area contributed by atoms with Crippen LogP contribution in [0.15, 0.2) is 162 Å². The second-order valence-corrected chi connectivity index (χ2v) is 19.3. The van der Waals surface area contributed by atoms with Crippen LogP contribution >= 0.6 is 22.7 Å². The van der Waals surface area contributed by atoms with E-state index in [2.05, 4.69) is 166 Å². The SMILES string of the molecule is CC1(C)C(/C=C/c2ccc(/C=C/c3ccc(N(c4ccccc4)c4ccc(/C=C/c5ccc(/C=C/C6=Nc7ccc(C(=O)O)cc7C6(C)C)s5)cc4)cc3)s2)=Nc2ccc(C(=O)O)cc21. The number of benzene rings is 5. The lowest BCUT2D eigenvalue weighted by Gasteiger charge is -2.25. The lowest BCUT2D eigenvalue weighted by molar-refractivity contribution is 0.0686. The van der Waals surface area contributed by atoms with E-state index >= 15 is 0 Å². The molecule has 0 saturated carbocycles. The summed E-state index contributed by atoms with van der Waals surface area (Å²) in [5, 5.41) is 19.0. The molecular formula is C56H45N3O4S2. The second kappa shape index (κ2) is 17.6. The van der Waals surface area contributed by atoms with Crippen LogP contribution in [-0.4, -0.2) is 33.6 Å². The normalized spacial score (nSPS) is 14.9. The fourth-order valence-electron chi connectivity index (χ4n) is 8.11. The van der Waals surface area contributed by atoms with E-state index in [-0.39, 0.29) is 11.1 Å². The van der Waals surface area contributed by atoms with E-state index in [1.54, 1.807) is 59.1 Å². The van der Waals surface area contributed by atoms with E-state index in [4.69, 9.17) is 9.98 Å². The lowest BCUT2D eigenvalue weighted by atomic mass is 9.81. The molecule has 0 amide bonds. The Balaban J connectivity index is 0.844. The molecule has 4 heterocycles. The summed E-state index contributed by atoms with van der Waals surface area (Å²) in [5.74, 6) is -1.87. The molecule has 9 rings (SSSR count). The van der Waals surface area contributed by atoms with E-state index in [9.17, 15) is 19.8 Å². The zero-order chi connectivity index (χ0) is 45.3. The number of fused-ring (bicyclic) bond motifs is 2. The molecule has 0 atom stereocenters. The summed E-state index contributed by atoms with van der Waals surface area (Å²) in [7, 11) is 0. The summed E-state index contributed by atoms with van der Waals surface area (Å²) < 4.78 is 0. The zero-order valence-electron chi connectivity index (χ0n) is 36.3. The van der Waals surface area contributed by atoms with E-state index < -0.39 is 22.8 Å². The van der Waals surface area contributed by atoms with Crippen molar-refractivity contribution in [2.24, 2.45) is 9.98 Å². The molecule has 2 aromatic heterocycles. The van der Waals surface area contributed by atoms with Crippen molar-refractivity contribution in [2.75, 3.05) is 4.90 Å². The fourth-order valence-corrected chi connectivity index (χ4v) is 9.74.